The molecule has 0 saturated carbocycles. The Labute approximate surface area is 156 Å². The lowest BCUT2D eigenvalue weighted by Gasteiger charge is -2.10. The Balaban J connectivity index is 1.61. The van der Waals surface area contributed by atoms with Gasteiger partial charge in [0.2, 0.25) is 0 Å². The van der Waals surface area contributed by atoms with Gasteiger partial charge in [-0.2, -0.15) is 0 Å². The van der Waals surface area contributed by atoms with Crippen molar-refractivity contribution in [1.29, 1.82) is 0 Å². The van der Waals surface area contributed by atoms with E-state index in [4.69, 9.17) is 0 Å². The van der Waals surface area contributed by atoms with Crippen LogP contribution in [0.3, 0.4) is 0 Å². The molecule has 1 N–H and O–H groups in total. The van der Waals surface area contributed by atoms with Gasteiger partial charge in [0.1, 0.15) is 10.7 Å². The Bertz CT molecular complexity index is 902. The van der Waals surface area contributed by atoms with Gasteiger partial charge >= 0.3 is 0 Å². The molecule has 26 heavy (non-hydrogen) atoms. The van der Waals surface area contributed by atoms with Crippen molar-refractivity contribution in [2.45, 2.75) is 6.54 Å². The van der Waals surface area contributed by atoms with Gasteiger partial charge < -0.3 is 10.2 Å². The lowest BCUT2D eigenvalue weighted by atomic mass is 10.1. The lowest BCUT2D eigenvalue weighted by Crippen LogP contribution is -2.23. The summed E-state index contributed by atoms with van der Waals surface area (Å²) in [6.07, 6.45) is 0. The van der Waals surface area contributed by atoms with Crippen molar-refractivity contribution in [3.63, 3.8) is 0 Å². The van der Waals surface area contributed by atoms with Crippen molar-refractivity contribution in [1.82, 2.24) is 15.2 Å². The van der Waals surface area contributed by atoms with Gasteiger partial charge in [-0.1, -0.05) is 42.5 Å². The zero-order valence-corrected chi connectivity index (χ0v) is 15.4. The van der Waals surface area contributed by atoms with E-state index in [1.165, 1.54) is 16.2 Å². The number of rotatable bonds is 5. The summed E-state index contributed by atoms with van der Waals surface area (Å²) in [5.41, 5.74) is 2.95. The summed E-state index contributed by atoms with van der Waals surface area (Å²) in [7, 11) is 3.43. The summed E-state index contributed by atoms with van der Waals surface area (Å²) in [5.74, 6) is -0.256. The van der Waals surface area contributed by atoms with Gasteiger partial charge in [-0.15, -0.1) is 11.3 Å². The zero-order chi connectivity index (χ0) is 18.5. The fourth-order valence-electron chi connectivity index (χ4n) is 2.39. The first kappa shape index (κ1) is 17.8. The highest BCUT2D eigenvalue weighted by Crippen LogP contribution is 2.23. The monoisotopic (exact) mass is 365 g/mol. The third-order valence-electron chi connectivity index (χ3n) is 3.82. The molecule has 1 heterocycles. The normalized spacial score (nSPS) is 10.4. The molecule has 3 aromatic rings. The van der Waals surface area contributed by atoms with Crippen LogP contribution in [-0.4, -0.2) is 35.8 Å². The van der Waals surface area contributed by atoms with Crippen molar-refractivity contribution in [3.8, 4) is 10.6 Å². The number of thiazole rings is 1. The molecule has 5 nitrogen and oxygen atoms in total. The van der Waals surface area contributed by atoms with Gasteiger partial charge in [0.05, 0.1) is 0 Å². The molecule has 132 valence electrons. The Morgan fingerprint density at radius 1 is 1.04 bits per heavy atom. The molecule has 2 amide bonds. The van der Waals surface area contributed by atoms with Gasteiger partial charge in [0.15, 0.2) is 0 Å². The Hall–Kier alpha value is -2.99. The molecule has 0 aliphatic carbocycles. The van der Waals surface area contributed by atoms with Gasteiger partial charge in [-0.3, -0.25) is 9.59 Å². The molecule has 0 spiro atoms. The number of amides is 2. The number of nitrogens with one attached hydrogen (secondary N) is 1. The van der Waals surface area contributed by atoms with Crippen LogP contribution in [0, 0.1) is 0 Å². The Morgan fingerprint density at radius 2 is 1.73 bits per heavy atom. The van der Waals surface area contributed by atoms with Crippen LogP contribution in [0.15, 0.2) is 60.0 Å². The summed E-state index contributed by atoms with van der Waals surface area (Å²) in [4.78, 5) is 30.1. The Kier molecular flexibility index (Phi) is 5.43. The molecule has 0 radical (unpaired) electrons. The number of carbonyl (C=O) groups excluding carboxylic acids is 2. The van der Waals surface area contributed by atoms with Crippen LogP contribution in [0.25, 0.3) is 10.6 Å². The van der Waals surface area contributed by atoms with Gasteiger partial charge in [0.25, 0.3) is 11.8 Å². The highest BCUT2D eigenvalue weighted by Gasteiger charge is 2.12. The number of benzene rings is 2. The average Bonchev–Trinajstić information content (AvgIpc) is 3.17. The quantitative estimate of drug-likeness (QED) is 0.753. The highest BCUT2D eigenvalue weighted by molar-refractivity contribution is 7.13. The molecule has 3 rings (SSSR count). The summed E-state index contributed by atoms with van der Waals surface area (Å²) >= 11 is 1.45. The number of hydrogen-bond donors (Lipinski definition) is 1. The van der Waals surface area contributed by atoms with Crippen LogP contribution < -0.4 is 5.32 Å². The maximum Gasteiger partial charge on any atom is 0.271 e. The molecule has 0 aliphatic rings. The largest absolute Gasteiger partial charge is 0.347 e. The average molecular weight is 365 g/mol. The predicted octanol–water partition coefficient (Wildman–Crippen LogP) is 3.44. The Morgan fingerprint density at radius 3 is 2.38 bits per heavy atom. The molecule has 0 fully saturated rings. The topological polar surface area (TPSA) is 62.3 Å². The third kappa shape index (κ3) is 4.15. The molecule has 2 aromatic carbocycles. The SMILES string of the molecule is CN(C)C(=O)c1ccc(CNC(=O)c2csc(-c3ccccc3)n2)cc1. The van der Waals surface area contributed by atoms with E-state index in [0.29, 0.717) is 17.8 Å². The first-order valence-corrected chi connectivity index (χ1v) is 9.02. The maximum absolute atomic E-state index is 12.3. The van der Waals surface area contributed by atoms with E-state index in [1.807, 2.05) is 42.5 Å². The van der Waals surface area contributed by atoms with Crippen LogP contribution in [0.5, 0.6) is 0 Å². The standard InChI is InChI=1S/C20H19N3O2S/c1-23(2)20(25)16-10-8-14(9-11-16)12-21-18(24)17-13-26-19(22-17)15-6-4-3-5-7-15/h3-11,13H,12H2,1-2H3,(H,21,24). The van der Waals surface area contributed by atoms with Gasteiger partial charge in [0, 0.05) is 37.1 Å². The number of hydrogen-bond acceptors (Lipinski definition) is 4. The third-order valence-corrected chi connectivity index (χ3v) is 4.71. The summed E-state index contributed by atoms with van der Waals surface area (Å²) in [6, 6.07) is 17.0. The maximum atomic E-state index is 12.3. The van der Waals surface area contributed by atoms with Crippen molar-refractivity contribution in [3.05, 3.63) is 76.8 Å². The van der Waals surface area contributed by atoms with E-state index in [0.717, 1.165) is 16.1 Å². The first-order valence-electron chi connectivity index (χ1n) is 8.14. The molecule has 0 saturated heterocycles. The second-order valence-electron chi connectivity index (χ2n) is 5.98. The van der Waals surface area contributed by atoms with E-state index in [-0.39, 0.29) is 11.8 Å². The zero-order valence-electron chi connectivity index (χ0n) is 14.6. The minimum absolute atomic E-state index is 0.0449. The fourth-order valence-corrected chi connectivity index (χ4v) is 3.19. The minimum atomic E-state index is -0.211. The molecule has 0 unspecified atom stereocenters. The molecule has 1 aromatic heterocycles. The molecular weight excluding hydrogens is 346 g/mol. The lowest BCUT2D eigenvalue weighted by molar-refractivity contribution is 0.0827. The second kappa shape index (κ2) is 7.93. The minimum Gasteiger partial charge on any atom is -0.347 e. The summed E-state index contributed by atoms with van der Waals surface area (Å²) < 4.78 is 0. The number of aromatic nitrogens is 1. The van der Waals surface area contributed by atoms with Crippen molar-refractivity contribution in [2.75, 3.05) is 14.1 Å². The van der Waals surface area contributed by atoms with Gasteiger partial charge in [-0.05, 0) is 17.7 Å². The van der Waals surface area contributed by atoms with Crippen LogP contribution in [0.2, 0.25) is 0 Å². The highest BCUT2D eigenvalue weighted by atomic mass is 32.1. The smallest absolute Gasteiger partial charge is 0.271 e. The van der Waals surface area contributed by atoms with Gasteiger partial charge in [-0.25, -0.2) is 4.98 Å². The van der Waals surface area contributed by atoms with E-state index in [2.05, 4.69) is 10.3 Å². The van der Waals surface area contributed by atoms with Crippen LogP contribution in [-0.2, 0) is 6.54 Å². The van der Waals surface area contributed by atoms with E-state index >= 15 is 0 Å². The van der Waals surface area contributed by atoms with Crippen LogP contribution in [0.4, 0.5) is 0 Å². The molecular formula is C20H19N3O2S. The summed E-state index contributed by atoms with van der Waals surface area (Å²) in [6.45, 7) is 0.382. The summed E-state index contributed by atoms with van der Waals surface area (Å²) in [5, 5.41) is 5.44. The van der Waals surface area contributed by atoms with Crippen LogP contribution in [0.1, 0.15) is 26.4 Å². The second-order valence-corrected chi connectivity index (χ2v) is 6.84. The van der Waals surface area contributed by atoms with Crippen LogP contribution >= 0.6 is 11.3 Å². The van der Waals surface area contributed by atoms with E-state index in [1.54, 1.807) is 31.6 Å². The molecule has 0 bridgehead atoms. The molecule has 6 heteroatoms. The van der Waals surface area contributed by atoms with Crippen molar-refractivity contribution >= 4 is 23.2 Å². The van der Waals surface area contributed by atoms with E-state index < -0.39 is 0 Å². The first-order chi connectivity index (χ1) is 12.5. The fraction of sp³-hybridized carbons (Fsp3) is 0.150. The van der Waals surface area contributed by atoms with E-state index in [9.17, 15) is 9.59 Å². The molecule has 0 aliphatic heterocycles. The predicted molar refractivity (Wildman–Crippen MR) is 103 cm³/mol. The van der Waals surface area contributed by atoms with Crippen molar-refractivity contribution in [2.24, 2.45) is 0 Å². The number of carbonyl (C=O) groups is 2. The molecule has 0 atom stereocenters. The number of nitrogens with zero attached hydrogens (tertiary/aromatic N) is 2. The van der Waals surface area contributed by atoms with Crippen molar-refractivity contribution < 1.29 is 9.59 Å².